The van der Waals surface area contributed by atoms with Gasteiger partial charge in [0.1, 0.15) is 5.92 Å². The molecule has 1 aliphatic heterocycles. The smallest absolute Gasteiger partial charge is 0.437 e. The van der Waals surface area contributed by atoms with E-state index in [-0.39, 0.29) is 16.2 Å². The van der Waals surface area contributed by atoms with Gasteiger partial charge in [-0.1, -0.05) is 12.1 Å². The lowest BCUT2D eigenvalue weighted by Crippen LogP contribution is -2.72. The average molecular weight is 446 g/mol. The highest BCUT2D eigenvalue weighted by Gasteiger charge is 2.65. The van der Waals surface area contributed by atoms with Crippen molar-refractivity contribution < 1.29 is 32.5 Å². The number of hydrogen-bond donors (Lipinski definition) is 3. The molecular formula is C18H17F3N2O4S2. The molecule has 156 valence electrons. The molecular weight excluding hydrogens is 429 g/mol. The summed E-state index contributed by atoms with van der Waals surface area (Å²) >= 11 is 5.89. The standard InChI is InChI=1S/C18H17F3N2O4S2/c1-26-10-6-5-9(8-11(10)27-2)14-13(15(24)12-4-3-7-29-12)17(25,18(19,20)21)23-16(28)22-14/h3-8,13-14,25H,1-2H3,(H2,22,23,28)/t13-,14+,17-/m0/s1. The Morgan fingerprint density at radius 3 is 2.48 bits per heavy atom. The van der Waals surface area contributed by atoms with Crippen molar-refractivity contribution in [1.82, 2.24) is 10.6 Å². The Labute approximate surface area is 173 Å². The van der Waals surface area contributed by atoms with Gasteiger partial charge < -0.3 is 25.2 Å². The van der Waals surface area contributed by atoms with Crippen molar-refractivity contribution in [2.24, 2.45) is 5.92 Å². The summed E-state index contributed by atoms with van der Waals surface area (Å²) in [5.74, 6) is -2.21. The number of alkyl halides is 3. The maximum absolute atomic E-state index is 13.9. The highest BCUT2D eigenvalue weighted by atomic mass is 32.1. The summed E-state index contributed by atoms with van der Waals surface area (Å²) < 4.78 is 52.1. The molecule has 1 aliphatic rings. The van der Waals surface area contributed by atoms with E-state index in [1.54, 1.807) is 11.4 Å². The van der Waals surface area contributed by atoms with Gasteiger partial charge in [-0.05, 0) is 41.4 Å². The monoisotopic (exact) mass is 446 g/mol. The Hall–Kier alpha value is -2.37. The van der Waals surface area contributed by atoms with E-state index in [1.807, 2.05) is 5.32 Å². The molecule has 0 radical (unpaired) electrons. The van der Waals surface area contributed by atoms with Gasteiger partial charge in [0.25, 0.3) is 0 Å². The third kappa shape index (κ3) is 3.77. The van der Waals surface area contributed by atoms with Crippen molar-refractivity contribution >= 4 is 34.5 Å². The number of benzene rings is 1. The number of nitrogens with one attached hydrogen (secondary N) is 2. The first kappa shape index (κ1) is 21.3. The number of thiophene rings is 1. The second-order valence-corrected chi connectivity index (χ2v) is 7.63. The topological polar surface area (TPSA) is 79.8 Å². The maximum atomic E-state index is 13.9. The largest absolute Gasteiger partial charge is 0.493 e. The number of Topliss-reactive ketones (excluding diaryl/α,β-unsaturated/α-hetero) is 1. The molecule has 0 bridgehead atoms. The summed E-state index contributed by atoms with van der Waals surface area (Å²) in [5.41, 5.74) is -3.29. The van der Waals surface area contributed by atoms with Crippen LogP contribution in [0.3, 0.4) is 0 Å². The number of hydrogen-bond acceptors (Lipinski definition) is 6. The molecule has 1 aromatic carbocycles. The van der Waals surface area contributed by atoms with E-state index in [2.05, 4.69) is 5.32 Å². The van der Waals surface area contributed by atoms with Gasteiger partial charge in [-0.15, -0.1) is 11.3 Å². The van der Waals surface area contributed by atoms with Crippen LogP contribution in [0.2, 0.25) is 0 Å². The fraction of sp³-hybridized carbons (Fsp3) is 0.333. The van der Waals surface area contributed by atoms with Gasteiger partial charge in [0.2, 0.25) is 5.72 Å². The minimum absolute atomic E-state index is 0.0829. The zero-order valence-corrected chi connectivity index (χ0v) is 16.9. The second-order valence-electron chi connectivity index (χ2n) is 6.27. The molecule has 0 aliphatic carbocycles. The van der Waals surface area contributed by atoms with Crippen LogP contribution in [0, 0.1) is 5.92 Å². The lowest BCUT2D eigenvalue weighted by Gasteiger charge is -2.46. The van der Waals surface area contributed by atoms with Crippen LogP contribution in [0.1, 0.15) is 21.3 Å². The number of halogens is 3. The number of carbonyl (C=O) groups excluding carboxylic acids is 1. The van der Waals surface area contributed by atoms with Crippen LogP contribution in [0.15, 0.2) is 35.7 Å². The van der Waals surface area contributed by atoms with Crippen molar-refractivity contribution in [3.63, 3.8) is 0 Å². The minimum Gasteiger partial charge on any atom is -0.493 e. The SMILES string of the molecule is COc1ccc([C@H]2NC(=S)N[C@@](O)(C(F)(F)F)[C@@H]2C(=O)c2cccs2)cc1OC. The number of rotatable bonds is 5. The molecule has 0 amide bonds. The molecule has 2 heterocycles. The highest BCUT2D eigenvalue weighted by molar-refractivity contribution is 7.80. The van der Waals surface area contributed by atoms with Gasteiger partial charge in [0, 0.05) is 0 Å². The van der Waals surface area contributed by atoms with Crippen molar-refractivity contribution in [2.75, 3.05) is 14.2 Å². The molecule has 0 unspecified atom stereocenters. The van der Waals surface area contributed by atoms with E-state index < -0.39 is 34.8 Å². The summed E-state index contributed by atoms with van der Waals surface area (Å²) in [6.45, 7) is 0. The molecule has 1 fully saturated rings. The molecule has 3 rings (SSSR count). The molecule has 29 heavy (non-hydrogen) atoms. The number of methoxy groups -OCH3 is 2. The van der Waals surface area contributed by atoms with Gasteiger partial charge in [-0.2, -0.15) is 13.2 Å². The predicted octanol–water partition coefficient (Wildman–Crippen LogP) is 3.03. The number of ether oxygens (including phenoxy) is 2. The summed E-state index contributed by atoms with van der Waals surface area (Å²) in [7, 11) is 2.80. The lowest BCUT2D eigenvalue weighted by atomic mass is 9.78. The van der Waals surface area contributed by atoms with Gasteiger partial charge in [-0.25, -0.2) is 0 Å². The number of thiocarbonyl (C=S) groups is 1. The molecule has 0 spiro atoms. The Kier molecular flexibility index (Phi) is 5.74. The van der Waals surface area contributed by atoms with Crippen LogP contribution in [0.25, 0.3) is 0 Å². The van der Waals surface area contributed by atoms with E-state index in [0.29, 0.717) is 5.75 Å². The summed E-state index contributed by atoms with van der Waals surface area (Å²) in [6, 6.07) is 6.10. The number of carbonyl (C=O) groups is 1. The molecule has 6 nitrogen and oxygen atoms in total. The Morgan fingerprint density at radius 2 is 1.93 bits per heavy atom. The normalized spacial score (nSPS) is 24.4. The quantitative estimate of drug-likeness (QED) is 0.481. The van der Waals surface area contributed by atoms with Gasteiger partial charge in [-0.3, -0.25) is 4.79 Å². The Bertz CT molecular complexity index is 920. The second kappa shape index (κ2) is 7.81. The van der Waals surface area contributed by atoms with Crippen LogP contribution in [-0.2, 0) is 0 Å². The predicted molar refractivity (Wildman–Crippen MR) is 104 cm³/mol. The van der Waals surface area contributed by atoms with Crippen molar-refractivity contribution in [1.29, 1.82) is 0 Å². The van der Waals surface area contributed by atoms with E-state index in [9.17, 15) is 23.1 Å². The average Bonchev–Trinajstić information content (AvgIpc) is 3.20. The van der Waals surface area contributed by atoms with Crippen LogP contribution in [-0.4, -0.2) is 42.1 Å². The first-order valence-corrected chi connectivity index (χ1v) is 9.58. The van der Waals surface area contributed by atoms with Crippen LogP contribution in [0.5, 0.6) is 11.5 Å². The van der Waals surface area contributed by atoms with Crippen molar-refractivity contribution in [3.05, 3.63) is 46.2 Å². The minimum atomic E-state index is -5.18. The molecule has 1 aromatic heterocycles. The van der Waals surface area contributed by atoms with Gasteiger partial charge in [0.15, 0.2) is 22.4 Å². The van der Waals surface area contributed by atoms with E-state index in [1.165, 1.54) is 38.5 Å². The van der Waals surface area contributed by atoms with Crippen LogP contribution >= 0.6 is 23.6 Å². The van der Waals surface area contributed by atoms with Crippen molar-refractivity contribution in [3.8, 4) is 11.5 Å². The van der Waals surface area contributed by atoms with E-state index in [0.717, 1.165) is 11.3 Å². The summed E-state index contributed by atoms with van der Waals surface area (Å²) in [6.07, 6.45) is -5.18. The molecule has 11 heteroatoms. The highest BCUT2D eigenvalue weighted by Crippen LogP contribution is 2.45. The van der Waals surface area contributed by atoms with Crippen LogP contribution < -0.4 is 20.1 Å². The van der Waals surface area contributed by atoms with E-state index in [4.69, 9.17) is 21.7 Å². The van der Waals surface area contributed by atoms with Crippen LogP contribution in [0.4, 0.5) is 13.2 Å². The number of aliphatic hydroxyl groups is 1. The number of ketones is 1. The molecule has 2 aromatic rings. The summed E-state index contributed by atoms with van der Waals surface area (Å²) in [5, 5.41) is 16.3. The Balaban J connectivity index is 2.17. The van der Waals surface area contributed by atoms with Crippen molar-refractivity contribution in [2.45, 2.75) is 17.9 Å². The zero-order chi connectivity index (χ0) is 21.4. The third-order valence-corrected chi connectivity index (χ3v) is 5.72. The van der Waals surface area contributed by atoms with Gasteiger partial charge >= 0.3 is 6.18 Å². The molecule has 3 atom stereocenters. The molecule has 3 N–H and O–H groups in total. The lowest BCUT2D eigenvalue weighted by molar-refractivity contribution is -0.285. The zero-order valence-electron chi connectivity index (χ0n) is 15.2. The molecule has 1 saturated heterocycles. The van der Waals surface area contributed by atoms with Gasteiger partial charge in [0.05, 0.1) is 25.1 Å². The maximum Gasteiger partial charge on any atom is 0.437 e. The first-order valence-electron chi connectivity index (χ1n) is 8.29. The Morgan fingerprint density at radius 1 is 1.24 bits per heavy atom. The third-order valence-electron chi connectivity index (χ3n) is 4.62. The first-order chi connectivity index (χ1) is 13.6. The fourth-order valence-corrected chi connectivity index (χ4v) is 4.22. The molecule has 0 saturated carbocycles. The van der Waals surface area contributed by atoms with E-state index >= 15 is 0 Å². The fourth-order valence-electron chi connectivity index (χ4n) is 3.24. The summed E-state index contributed by atoms with van der Waals surface area (Å²) in [4.78, 5) is 13.1.